The molecular weight excluding hydrogens is 347 g/mol. The maximum Gasteiger partial charge on any atom is 0.449 e. The van der Waals surface area contributed by atoms with Gasteiger partial charge in [-0.2, -0.15) is 13.2 Å². The van der Waals surface area contributed by atoms with E-state index >= 15 is 0 Å². The van der Waals surface area contributed by atoms with Crippen LogP contribution in [0.3, 0.4) is 0 Å². The van der Waals surface area contributed by atoms with Crippen LogP contribution in [0.25, 0.3) is 0 Å². The summed E-state index contributed by atoms with van der Waals surface area (Å²) in [4.78, 5) is 0. The highest BCUT2D eigenvalue weighted by Crippen LogP contribution is 2.63. The van der Waals surface area contributed by atoms with Crippen LogP contribution in [0.5, 0.6) is 0 Å². The lowest BCUT2D eigenvalue weighted by Crippen LogP contribution is -2.63. The van der Waals surface area contributed by atoms with E-state index in [1.165, 1.54) is 0 Å². The SMILES string of the molecule is C=CCNCC1=C(C(F)(F)F)O[C@@H]2O[C@]3(C)CCC4[C@H](C)CC[C@@H]1[C@]42O3. The molecule has 2 saturated heterocycles. The van der Waals surface area contributed by atoms with Gasteiger partial charge in [0, 0.05) is 25.4 Å². The van der Waals surface area contributed by atoms with Crippen LogP contribution < -0.4 is 5.32 Å². The molecule has 0 aromatic heterocycles. The van der Waals surface area contributed by atoms with E-state index < -0.39 is 29.6 Å². The van der Waals surface area contributed by atoms with Gasteiger partial charge in [-0.15, -0.1) is 6.58 Å². The van der Waals surface area contributed by atoms with Crippen LogP contribution in [0.2, 0.25) is 0 Å². The van der Waals surface area contributed by atoms with Crippen LogP contribution in [0.15, 0.2) is 24.0 Å². The molecule has 2 bridgehead atoms. The van der Waals surface area contributed by atoms with Crippen molar-refractivity contribution in [3.05, 3.63) is 24.0 Å². The molecule has 26 heavy (non-hydrogen) atoms. The highest BCUT2D eigenvalue weighted by Gasteiger charge is 2.72. The number of hydrogen-bond donors (Lipinski definition) is 1. The Morgan fingerprint density at radius 3 is 2.77 bits per heavy atom. The van der Waals surface area contributed by atoms with E-state index in [0.717, 1.165) is 12.8 Å². The summed E-state index contributed by atoms with van der Waals surface area (Å²) in [7, 11) is 0. The highest BCUT2D eigenvalue weighted by molar-refractivity contribution is 5.30. The van der Waals surface area contributed by atoms with Gasteiger partial charge in [-0.25, -0.2) is 0 Å². The monoisotopic (exact) mass is 373 g/mol. The van der Waals surface area contributed by atoms with Crippen molar-refractivity contribution in [2.24, 2.45) is 17.8 Å². The smallest absolute Gasteiger partial charge is 0.449 e. The van der Waals surface area contributed by atoms with Crippen molar-refractivity contribution < 1.29 is 27.4 Å². The lowest BCUT2D eigenvalue weighted by molar-refractivity contribution is -0.249. The van der Waals surface area contributed by atoms with Crippen LogP contribution >= 0.6 is 0 Å². The molecule has 4 aliphatic rings. The number of alkyl halides is 3. The minimum absolute atomic E-state index is 0.112. The lowest BCUT2D eigenvalue weighted by atomic mass is 9.58. The number of halogens is 3. The van der Waals surface area contributed by atoms with Gasteiger partial charge in [-0.1, -0.05) is 13.0 Å². The molecule has 3 fully saturated rings. The van der Waals surface area contributed by atoms with Gasteiger partial charge in [-0.3, -0.25) is 0 Å². The summed E-state index contributed by atoms with van der Waals surface area (Å²) < 4.78 is 59.2. The summed E-state index contributed by atoms with van der Waals surface area (Å²) in [6.45, 7) is 8.15. The maximum atomic E-state index is 13.8. The third-order valence-electron chi connectivity index (χ3n) is 6.55. The third kappa shape index (κ3) is 2.54. The number of hydrogen-bond acceptors (Lipinski definition) is 4. The first-order valence-electron chi connectivity index (χ1n) is 9.38. The Morgan fingerprint density at radius 1 is 1.31 bits per heavy atom. The van der Waals surface area contributed by atoms with Crippen molar-refractivity contribution in [2.75, 3.05) is 13.1 Å². The Balaban J connectivity index is 1.80. The first-order valence-corrected chi connectivity index (χ1v) is 9.38. The molecule has 6 atom stereocenters. The van der Waals surface area contributed by atoms with Gasteiger partial charge >= 0.3 is 6.18 Å². The Labute approximate surface area is 151 Å². The maximum absolute atomic E-state index is 13.8. The Kier molecular flexibility index (Phi) is 4.21. The standard InChI is InChI=1S/C19H26F3NO3/c1-4-9-23-10-12-14-6-5-11(2)13-7-8-17(3)25-16(18(13,14)26-17)24-15(12)19(20,21)22/h4,11,13-14,16,23H,1,5-10H2,2-3H3/t11-,13?,14+,16-,17+,18-/m1/s1. The van der Waals surface area contributed by atoms with Crippen LogP contribution in [0.4, 0.5) is 13.2 Å². The van der Waals surface area contributed by atoms with Gasteiger partial charge in [-0.05, 0) is 43.6 Å². The molecule has 0 aromatic rings. The molecule has 1 spiro atoms. The van der Waals surface area contributed by atoms with E-state index in [1.807, 2.05) is 6.92 Å². The molecule has 1 saturated carbocycles. The molecule has 1 unspecified atom stereocenters. The van der Waals surface area contributed by atoms with E-state index in [2.05, 4.69) is 18.8 Å². The second-order valence-corrected chi connectivity index (χ2v) is 8.18. The minimum atomic E-state index is -4.55. The van der Waals surface area contributed by atoms with Crippen molar-refractivity contribution >= 4 is 0 Å². The zero-order valence-corrected chi connectivity index (χ0v) is 15.2. The van der Waals surface area contributed by atoms with E-state index in [0.29, 0.717) is 25.3 Å². The quantitative estimate of drug-likeness (QED) is 0.599. The van der Waals surface area contributed by atoms with Gasteiger partial charge in [0.2, 0.25) is 12.0 Å². The van der Waals surface area contributed by atoms with Crippen molar-refractivity contribution in [3.8, 4) is 0 Å². The molecule has 1 aliphatic carbocycles. The molecule has 7 heteroatoms. The fraction of sp³-hybridized carbons (Fsp3) is 0.789. The molecule has 0 aromatic carbocycles. The van der Waals surface area contributed by atoms with E-state index in [1.54, 1.807) is 6.08 Å². The van der Waals surface area contributed by atoms with E-state index in [4.69, 9.17) is 14.2 Å². The molecule has 4 rings (SSSR count). The van der Waals surface area contributed by atoms with Crippen molar-refractivity contribution in [2.45, 2.75) is 63.4 Å². The second kappa shape index (κ2) is 5.97. The summed E-state index contributed by atoms with van der Waals surface area (Å²) in [5, 5.41) is 3.03. The molecule has 146 valence electrons. The van der Waals surface area contributed by atoms with Gasteiger partial charge in [0.1, 0.15) is 5.60 Å². The average Bonchev–Trinajstić information content (AvgIpc) is 2.78. The van der Waals surface area contributed by atoms with E-state index in [9.17, 15) is 13.2 Å². The van der Waals surface area contributed by atoms with Crippen LogP contribution in [-0.4, -0.2) is 36.9 Å². The molecule has 1 N–H and O–H groups in total. The van der Waals surface area contributed by atoms with Crippen molar-refractivity contribution in [1.29, 1.82) is 0 Å². The first kappa shape index (κ1) is 18.3. The molecular formula is C19H26F3NO3. The highest BCUT2D eigenvalue weighted by atomic mass is 19.4. The number of rotatable bonds is 4. The number of ether oxygens (including phenoxy) is 3. The summed E-state index contributed by atoms with van der Waals surface area (Å²) in [6.07, 6.45) is -0.789. The van der Waals surface area contributed by atoms with Gasteiger partial charge in [0.15, 0.2) is 5.79 Å². The average molecular weight is 373 g/mol. The lowest BCUT2D eigenvalue weighted by Gasteiger charge is -2.55. The molecule has 4 nitrogen and oxygen atoms in total. The normalized spacial score (nSPS) is 44.5. The van der Waals surface area contributed by atoms with Crippen molar-refractivity contribution in [1.82, 2.24) is 5.32 Å². The van der Waals surface area contributed by atoms with Gasteiger partial charge < -0.3 is 19.5 Å². The Bertz CT molecular complexity index is 634. The second-order valence-electron chi connectivity index (χ2n) is 8.18. The molecule has 3 aliphatic heterocycles. The molecule has 3 heterocycles. The molecule has 0 amide bonds. The van der Waals surface area contributed by atoms with E-state index in [-0.39, 0.29) is 24.0 Å². The van der Waals surface area contributed by atoms with Gasteiger partial charge in [0.05, 0.1) is 0 Å². The largest absolute Gasteiger partial charge is 0.456 e. The minimum Gasteiger partial charge on any atom is -0.456 e. The Morgan fingerprint density at radius 2 is 2.08 bits per heavy atom. The third-order valence-corrected chi connectivity index (χ3v) is 6.55. The van der Waals surface area contributed by atoms with Crippen LogP contribution in [0.1, 0.15) is 39.5 Å². The number of nitrogens with one attached hydrogen (secondary N) is 1. The van der Waals surface area contributed by atoms with Crippen molar-refractivity contribution in [3.63, 3.8) is 0 Å². The van der Waals surface area contributed by atoms with Crippen LogP contribution in [-0.2, 0) is 14.2 Å². The van der Waals surface area contributed by atoms with Crippen LogP contribution in [0, 0.1) is 17.8 Å². The predicted octanol–water partition coefficient (Wildman–Crippen LogP) is 3.89. The molecule has 0 radical (unpaired) electrons. The summed E-state index contributed by atoms with van der Waals surface area (Å²) in [5.41, 5.74) is -0.549. The Hall–Kier alpha value is -1.05. The first-order chi connectivity index (χ1) is 12.2. The summed E-state index contributed by atoms with van der Waals surface area (Å²) in [6, 6.07) is 0. The summed E-state index contributed by atoms with van der Waals surface area (Å²) >= 11 is 0. The fourth-order valence-corrected chi connectivity index (χ4v) is 5.51. The fourth-order valence-electron chi connectivity index (χ4n) is 5.51. The van der Waals surface area contributed by atoms with Gasteiger partial charge in [0.25, 0.3) is 0 Å². The predicted molar refractivity (Wildman–Crippen MR) is 88.9 cm³/mol. The summed E-state index contributed by atoms with van der Waals surface area (Å²) in [5.74, 6) is -1.59. The zero-order chi connectivity index (χ0) is 18.7. The number of allylic oxidation sites excluding steroid dienone is 1. The zero-order valence-electron chi connectivity index (χ0n) is 15.2. The topological polar surface area (TPSA) is 39.7 Å². The number of fused-ring (bicyclic) bond motifs is 1.